The van der Waals surface area contributed by atoms with E-state index in [-0.39, 0.29) is 4.90 Å². The van der Waals surface area contributed by atoms with Crippen molar-refractivity contribution in [3.8, 4) is 0 Å². The van der Waals surface area contributed by atoms with Gasteiger partial charge in [0.15, 0.2) is 11.4 Å². The Balaban J connectivity index is 2.21. The SMILES string of the molecule is COC(O)c1ccc(S(=O)(=O)Nc2nccs2)cc1. The zero-order valence-corrected chi connectivity index (χ0v) is 11.6. The highest BCUT2D eigenvalue weighted by Crippen LogP contribution is 2.20. The van der Waals surface area contributed by atoms with Gasteiger partial charge in [0.1, 0.15) is 0 Å². The summed E-state index contributed by atoms with van der Waals surface area (Å²) in [5, 5.41) is 11.4. The van der Waals surface area contributed by atoms with Gasteiger partial charge in [-0.3, -0.25) is 4.72 Å². The molecule has 1 heterocycles. The van der Waals surface area contributed by atoms with E-state index in [2.05, 4.69) is 9.71 Å². The van der Waals surface area contributed by atoms with Crippen molar-refractivity contribution in [3.63, 3.8) is 0 Å². The normalized spacial score (nSPS) is 13.2. The largest absolute Gasteiger partial charge is 0.364 e. The highest BCUT2D eigenvalue weighted by Gasteiger charge is 2.16. The van der Waals surface area contributed by atoms with Crippen LogP contribution in [0.25, 0.3) is 0 Å². The van der Waals surface area contributed by atoms with Crippen molar-refractivity contribution in [2.24, 2.45) is 0 Å². The third kappa shape index (κ3) is 3.29. The lowest BCUT2D eigenvalue weighted by Gasteiger charge is -2.10. The molecule has 0 radical (unpaired) electrons. The van der Waals surface area contributed by atoms with Crippen LogP contribution >= 0.6 is 11.3 Å². The molecule has 2 rings (SSSR count). The second kappa shape index (κ2) is 5.66. The van der Waals surface area contributed by atoms with Crippen molar-refractivity contribution in [2.75, 3.05) is 11.8 Å². The predicted octanol–water partition coefficient (Wildman–Crippen LogP) is 1.58. The van der Waals surface area contributed by atoms with Crippen LogP contribution in [0.4, 0.5) is 5.13 Å². The van der Waals surface area contributed by atoms with Crippen molar-refractivity contribution in [1.29, 1.82) is 0 Å². The molecule has 0 amide bonds. The molecule has 0 saturated heterocycles. The lowest BCUT2D eigenvalue weighted by Crippen LogP contribution is -2.13. The Morgan fingerprint density at radius 3 is 2.58 bits per heavy atom. The Morgan fingerprint density at radius 2 is 2.05 bits per heavy atom. The van der Waals surface area contributed by atoms with Crippen LogP contribution in [0.15, 0.2) is 40.7 Å². The standard InChI is InChI=1S/C11H12N2O4S2/c1-17-10(14)8-2-4-9(5-3-8)19(15,16)13-11-12-6-7-18-11/h2-7,10,14H,1H3,(H,12,13). The molecule has 0 saturated carbocycles. The summed E-state index contributed by atoms with van der Waals surface area (Å²) >= 11 is 1.19. The van der Waals surface area contributed by atoms with Crippen molar-refractivity contribution in [2.45, 2.75) is 11.2 Å². The smallest absolute Gasteiger partial charge is 0.263 e. The van der Waals surface area contributed by atoms with Crippen molar-refractivity contribution in [3.05, 3.63) is 41.4 Å². The van der Waals surface area contributed by atoms with Gasteiger partial charge in [0.25, 0.3) is 10.0 Å². The molecule has 19 heavy (non-hydrogen) atoms. The molecular weight excluding hydrogens is 288 g/mol. The lowest BCUT2D eigenvalue weighted by atomic mass is 10.2. The predicted molar refractivity (Wildman–Crippen MR) is 71.3 cm³/mol. The molecule has 2 N–H and O–H groups in total. The minimum absolute atomic E-state index is 0.0924. The van der Waals surface area contributed by atoms with E-state index < -0.39 is 16.3 Å². The van der Waals surface area contributed by atoms with E-state index in [4.69, 9.17) is 4.74 Å². The first-order valence-corrected chi connectivity index (χ1v) is 7.62. The van der Waals surface area contributed by atoms with Crippen molar-refractivity contribution in [1.82, 2.24) is 4.98 Å². The van der Waals surface area contributed by atoms with Gasteiger partial charge in [0, 0.05) is 24.3 Å². The van der Waals surface area contributed by atoms with Crippen LogP contribution in [-0.2, 0) is 14.8 Å². The number of hydrogen-bond donors (Lipinski definition) is 2. The summed E-state index contributed by atoms with van der Waals surface area (Å²) < 4.78 is 31.1. The third-order valence-electron chi connectivity index (χ3n) is 2.35. The Bertz CT molecular complexity index is 623. The summed E-state index contributed by atoms with van der Waals surface area (Å²) in [6.07, 6.45) is 0.448. The molecule has 2 aromatic rings. The summed E-state index contributed by atoms with van der Waals surface area (Å²) in [6.45, 7) is 0. The topological polar surface area (TPSA) is 88.5 Å². The van der Waals surface area contributed by atoms with Crippen molar-refractivity contribution < 1.29 is 18.3 Å². The number of methoxy groups -OCH3 is 1. The minimum Gasteiger partial charge on any atom is -0.364 e. The molecule has 1 aromatic carbocycles. The van der Waals surface area contributed by atoms with Gasteiger partial charge in [-0.1, -0.05) is 12.1 Å². The second-order valence-corrected chi connectivity index (χ2v) is 6.18. The highest BCUT2D eigenvalue weighted by atomic mass is 32.2. The molecule has 102 valence electrons. The molecule has 1 atom stereocenters. The number of aliphatic hydroxyl groups excluding tert-OH is 1. The molecule has 0 fully saturated rings. The molecule has 1 aromatic heterocycles. The van der Waals surface area contributed by atoms with Gasteiger partial charge in [0.05, 0.1) is 4.90 Å². The second-order valence-electron chi connectivity index (χ2n) is 3.60. The van der Waals surface area contributed by atoms with E-state index in [1.165, 1.54) is 48.9 Å². The maximum Gasteiger partial charge on any atom is 0.263 e. The number of nitrogens with zero attached hydrogens (tertiary/aromatic N) is 1. The zero-order valence-electron chi connectivity index (χ0n) is 9.98. The van der Waals surface area contributed by atoms with Gasteiger partial charge in [-0.2, -0.15) is 0 Å². The number of aromatic nitrogens is 1. The third-order valence-corrected chi connectivity index (χ3v) is 4.53. The first-order valence-electron chi connectivity index (χ1n) is 5.26. The van der Waals surface area contributed by atoms with E-state index >= 15 is 0 Å². The average molecular weight is 300 g/mol. The Morgan fingerprint density at radius 1 is 1.37 bits per heavy atom. The van der Waals surface area contributed by atoms with Crippen LogP contribution < -0.4 is 4.72 Å². The van der Waals surface area contributed by atoms with Gasteiger partial charge in [-0.15, -0.1) is 11.3 Å². The molecule has 0 spiro atoms. The molecule has 0 aliphatic carbocycles. The van der Waals surface area contributed by atoms with Crippen molar-refractivity contribution >= 4 is 26.5 Å². The molecular formula is C11H12N2O4S2. The molecule has 0 aliphatic rings. The first-order chi connectivity index (χ1) is 9.03. The van der Waals surface area contributed by atoms with E-state index in [1.54, 1.807) is 5.38 Å². The quantitative estimate of drug-likeness (QED) is 0.818. The maximum absolute atomic E-state index is 12.0. The van der Waals surface area contributed by atoms with Crippen LogP contribution in [-0.4, -0.2) is 25.6 Å². The van der Waals surface area contributed by atoms with Gasteiger partial charge in [0.2, 0.25) is 0 Å². The molecule has 8 heteroatoms. The monoisotopic (exact) mass is 300 g/mol. The van der Waals surface area contributed by atoms with E-state index in [1.807, 2.05) is 0 Å². The summed E-state index contributed by atoms with van der Waals surface area (Å²) in [7, 11) is -2.30. The lowest BCUT2D eigenvalue weighted by molar-refractivity contribution is -0.0769. The Kier molecular flexibility index (Phi) is 4.15. The van der Waals surface area contributed by atoms with Gasteiger partial charge in [-0.25, -0.2) is 13.4 Å². The fraction of sp³-hybridized carbons (Fsp3) is 0.182. The van der Waals surface area contributed by atoms with Gasteiger partial charge in [-0.05, 0) is 12.1 Å². The van der Waals surface area contributed by atoms with Crippen LogP contribution in [0.5, 0.6) is 0 Å². The maximum atomic E-state index is 12.0. The van der Waals surface area contributed by atoms with E-state index in [0.717, 1.165) is 0 Å². The number of hydrogen-bond acceptors (Lipinski definition) is 6. The molecule has 0 bridgehead atoms. The summed E-state index contributed by atoms with van der Waals surface area (Å²) in [6, 6.07) is 5.77. The van der Waals surface area contributed by atoms with Gasteiger partial charge >= 0.3 is 0 Å². The summed E-state index contributed by atoms with van der Waals surface area (Å²) in [5.41, 5.74) is 0.482. The van der Waals surface area contributed by atoms with Gasteiger partial charge < -0.3 is 9.84 Å². The fourth-order valence-corrected chi connectivity index (χ4v) is 3.18. The number of benzene rings is 1. The molecule has 0 aliphatic heterocycles. The zero-order chi connectivity index (χ0) is 13.9. The fourth-order valence-electron chi connectivity index (χ4n) is 1.40. The van der Waals surface area contributed by atoms with Crippen LogP contribution in [0.2, 0.25) is 0 Å². The average Bonchev–Trinajstić information content (AvgIpc) is 2.90. The number of rotatable bonds is 5. The van der Waals surface area contributed by atoms with E-state index in [9.17, 15) is 13.5 Å². The molecule has 1 unspecified atom stereocenters. The summed E-state index contributed by atoms with van der Waals surface area (Å²) in [4.78, 5) is 3.95. The highest BCUT2D eigenvalue weighted by molar-refractivity contribution is 7.93. The first kappa shape index (κ1) is 13.9. The van der Waals surface area contributed by atoms with E-state index in [0.29, 0.717) is 10.7 Å². The Labute approximate surface area is 114 Å². The van der Waals surface area contributed by atoms with Crippen LogP contribution in [0.1, 0.15) is 11.9 Å². The molecule has 6 nitrogen and oxygen atoms in total. The Hall–Kier alpha value is -1.48. The van der Waals surface area contributed by atoms with Crippen LogP contribution in [0, 0.1) is 0 Å². The number of aliphatic hydroxyl groups is 1. The number of anilines is 1. The summed E-state index contributed by atoms with van der Waals surface area (Å²) in [5.74, 6) is 0. The number of sulfonamides is 1. The number of nitrogens with one attached hydrogen (secondary N) is 1. The number of ether oxygens (including phenoxy) is 1. The van der Waals surface area contributed by atoms with Crippen LogP contribution in [0.3, 0.4) is 0 Å². The minimum atomic E-state index is -3.66. The number of thiazole rings is 1.